The van der Waals surface area contributed by atoms with Gasteiger partial charge in [-0.1, -0.05) is 22.0 Å². The molecule has 2 aliphatic heterocycles. The molecule has 1 atom stereocenters. The van der Waals surface area contributed by atoms with Crippen molar-refractivity contribution in [1.82, 2.24) is 15.0 Å². The third kappa shape index (κ3) is 2.48. The van der Waals surface area contributed by atoms with Gasteiger partial charge in [0.05, 0.1) is 22.0 Å². The van der Waals surface area contributed by atoms with Crippen molar-refractivity contribution in [1.29, 1.82) is 0 Å². The Morgan fingerprint density at radius 2 is 2.14 bits per heavy atom. The standard InChI is InChI=1S/C20H20BrN5O2/c21-12-1-2-13-14-8-24-9-15(19(22)28)18(14)26(16(13)7-12)25-6-3-17(27)20(11-25)4-5-23-10-20/h1-2,7-9,23H,3-6,10-11H2,(H2,22,28). The molecular weight excluding hydrogens is 422 g/mol. The van der Waals surface area contributed by atoms with Gasteiger partial charge in [-0.25, -0.2) is 0 Å². The van der Waals surface area contributed by atoms with Crippen LogP contribution in [-0.4, -0.2) is 47.5 Å². The lowest BCUT2D eigenvalue weighted by Crippen LogP contribution is -2.54. The molecule has 0 saturated carbocycles. The second kappa shape index (κ2) is 6.28. The lowest BCUT2D eigenvalue weighted by molar-refractivity contribution is -0.128. The molecule has 5 rings (SSSR count). The highest BCUT2D eigenvalue weighted by Gasteiger charge is 2.45. The zero-order valence-corrected chi connectivity index (χ0v) is 16.8. The zero-order valence-electron chi connectivity index (χ0n) is 15.2. The molecule has 1 spiro atoms. The molecule has 1 unspecified atom stereocenters. The van der Waals surface area contributed by atoms with E-state index in [1.807, 2.05) is 18.2 Å². The van der Waals surface area contributed by atoms with Gasteiger partial charge in [0, 0.05) is 53.7 Å². The number of carbonyl (C=O) groups is 2. The number of benzene rings is 1. The van der Waals surface area contributed by atoms with Gasteiger partial charge in [0.15, 0.2) is 0 Å². The number of carbonyl (C=O) groups excluding carboxylic acids is 2. The summed E-state index contributed by atoms with van der Waals surface area (Å²) in [5, 5.41) is 7.42. The Bertz CT molecular complexity index is 1130. The van der Waals surface area contributed by atoms with Gasteiger partial charge in [-0.3, -0.25) is 19.2 Å². The van der Waals surface area contributed by atoms with E-state index in [-0.39, 0.29) is 5.41 Å². The number of aromatic nitrogens is 2. The van der Waals surface area contributed by atoms with Crippen molar-refractivity contribution in [2.24, 2.45) is 11.1 Å². The van der Waals surface area contributed by atoms with Gasteiger partial charge in [-0.15, -0.1) is 0 Å². The summed E-state index contributed by atoms with van der Waals surface area (Å²) in [6.07, 6.45) is 4.63. The molecule has 4 heterocycles. The molecule has 28 heavy (non-hydrogen) atoms. The lowest BCUT2D eigenvalue weighted by Gasteiger charge is -2.41. The van der Waals surface area contributed by atoms with Crippen molar-refractivity contribution in [3.63, 3.8) is 0 Å². The fraction of sp³-hybridized carbons (Fsp3) is 0.350. The average molecular weight is 442 g/mol. The minimum atomic E-state index is -0.508. The van der Waals surface area contributed by atoms with Crippen LogP contribution in [0.3, 0.4) is 0 Å². The van der Waals surface area contributed by atoms with E-state index in [2.05, 4.69) is 35.9 Å². The summed E-state index contributed by atoms with van der Waals surface area (Å²) in [6, 6.07) is 6.04. The molecule has 3 N–H and O–H groups in total. The number of pyridine rings is 1. The number of piperidine rings is 1. The molecule has 0 radical (unpaired) electrons. The Hall–Kier alpha value is -2.45. The first-order chi connectivity index (χ1) is 13.5. The molecule has 1 aromatic carbocycles. The van der Waals surface area contributed by atoms with Crippen molar-refractivity contribution in [3.8, 4) is 0 Å². The highest BCUT2D eigenvalue weighted by Crippen LogP contribution is 2.37. The molecule has 144 valence electrons. The first-order valence-corrected chi connectivity index (χ1v) is 10.2. The van der Waals surface area contributed by atoms with Crippen LogP contribution < -0.4 is 16.1 Å². The van der Waals surface area contributed by atoms with Crippen molar-refractivity contribution in [3.05, 3.63) is 40.6 Å². The Morgan fingerprint density at radius 3 is 2.89 bits per heavy atom. The topological polar surface area (TPSA) is 93.2 Å². The number of nitrogens with zero attached hydrogens (tertiary/aromatic N) is 3. The van der Waals surface area contributed by atoms with E-state index in [1.165, 1.54) is 6.20 Å². The smallest absolute Gasteiger partial charge is 0.252 e. The summed E-state index contributed by atoms with van der Waals surface area (Å²) in [5.74, 6) is -0.181. The van der Waals surface area contributed by atoms with E-state index in [1.54, 1.807) is 6.20 Å². The second-order valence-corrected chi connectivity index (χ2v) is 8.60. The number of rotatable bonds is 2. The van der Waals surface area contributed by atoms with E-state index in [9.17, 15) is 9.59 Å². The lowest BCUT2D eigenvalue weighted by atomic mass is 9.78. The predicted octanol–water partition coefficient (Wildman–Crippen LogP) is 1.94. The maximum Gasteiger partial charge on any atom is 0.252 e. The minimum Gasteiger partial charge on any atom is -0.365 e. The van der Waals surface area contributed by atoms with E-state index >= 15 is 0 Å². The largest absolute Gasteiger partial charge is 0.365 e. The Morgan fingerprint density at radius 1 is 1.29 bits per heavy atom. The van der Waals surface area contributed by atoms with Crippen LogP contribution in [0.2, 0.25) is 0 Å². The van der Waals surface area contributed by atoms with E-state index in [0.29, 0.717) is 37.4 Å². The van der Waals surface area contributed by atoms with Crippen molar-refractivity contribution < 1.29 is 9.59 Å². The summed E-state index contributed by atoms with van der Waals surface area (Å²) in [6.45, 7) is 2.78. The van der Waals surface area contributed by atoms with Crippen molar-refractivity contribution in [2.45, 2.75) is 12.8 Å². The summed E-state index contributed by atoms with van der Waals surface area (Å²) < 4.78 is 3.02. The highest BCUT2D eigenvalue weighted by atomic mass is 79.9. The van der Waals surface area contributed by atoms with Gasteiger partial charge in [-0.2, -0.15) is 0 Å². The molecule has 2 aromatic heterocycles. The van der Waals surface area contributed by atoms with Gasteiger partial charge in [0.1, 0.15) is 5.78 Å². The number of ketones is 1. The number of fused-ring (bicyclic) bond motifs is 3. The fourth-order valence-corrected chi connectivity index (χ4v) is 5.03. The van der Waals surface area contributed by atoms with Crippen molar-refractivity contribution >= 4 is 49.4 Å². The van der Waals surface area contributed by atoms with Gasteiger partial charge >= 0.3 is 0 Å². The number of hydrogen-bond donors (Lipinski definition) is 2. The van der Waals surface area contributed by atoms with Crippen LogP contribution in [-0.2, 0) is 4.79 Å². The zero-order chi connectivity index (χ0) is 19.5. The number of amides is 1. The quantitative estimate of drug-likeness (QED) is 0.633. The van der Waals surface area contributed by atoms with Crippen LogP contribution in [0.15, 0.2) is 35.1 Å². The first-order valence-electron chi connectivity index (χ1n) is 9.37. The molecule has 7 nitrogen and oxygen atoms in total. The number of hydrogen-bond acceptors (Lipinski definition) is 5. The van der Waals surface area contributed by atoms with E-state index in [4.69, 9.17) is 5.73 Å². The average Bonchev–Trinajstić information content (AvgIpc) is 3.26. The third-order valence-electron chi connectivity index (χ3n) is 6.07. The van der Waals surface area contributed by atoms with Crippen LogP contribution in [0.1, 0.15) is 23.2 Å². The fourth-order valence-electron chi connectivity index (χ4n) is 4.68. The second-order valence-electron chi connectivity index (χ2n) is 7.69. The first kappa shape index (κ1) is 17.6. The summed E-state index contributed by atoms with van der Waals surface area (Å²) >= 11 is 3.56. The SMILES string of the molecule is NC(=O)c1cncc2c3ccc(Br)cc3n(N3CCC(=O)C4(CCNC4)C3)c12. The molecule has 2 saturated heterocycles. The van der Waals surface area contributed by atoms with Gasteiger partial charge in [0.25, 0.3) is 5.91 Å². The Balaban J connectivity index is 1.78. The molecule has 2 aliphatic rings. The normalized spacial score (nSPS) is 22.6. The van der Waals surface area contributed by atoms with Crippen LogP contribution in [0.4, 0.5) is 0 Å². The number of nitrogens with two attached hydrogens (primary N) is 1. The Labute approximate surface area is 170 Å². The molecule has 2 fully saturated rings. The van der Waals surface area contributed by atoms with Gasteiger partial charge < -0.3 is 16.1 Å². The summed E-state index contributed by atoms with van der Waals surface area (Å²) in [4.78, 5) is 29.1. The molecule has 3 aromatic rings. The van der Waals surface area contributed by atoms with Crippen LogP contribution in [0.25, 0.3) is 21.8 Å². The Kier molecular flexibility index (Phi) is 3.96. The highest BCUT2D eigenvalue weighted by molar-refractivity contribution is 9.10. The third-order valence-corrected chi connectivity index (χ3v) is 6.57. The van der Waals surface area contributed by atoms with Crippen LogP contribution in [0, 0.1) is 5.41 Å². The number of nitrogens with one attached hydrogen (secondary N) is 1. The molecular formula is C20H20BrN5O2. The number of Topliss-reactive ketones (excluding diaryl/α,β-unsaturated/α-hetero) is 1. The van der Waals surface area contributed by atoms with Crippen molar-refractivity contribution in [2.75, 3.05) is 31.2 Å². The molecule has 0 bridgehead atoms. The van der Waals surface area contributed by atoms with E-state index < -0.39 is 5.91 Å². The summed E-state index contributed by atoms with van der Waals surface area (Å²) in [5.41, 5.74) is 7.43. The van der Waals surface area contributed by atoms with Gasteiger partial charge in [-0.05, 0) is 25.1 Å². The summed E-state index contributed by atoms with van der Waals surface area (Å²) in [7, 11) is 0. The maximum absolute atomic E-state index is 12.7. The number of halogens is 1. The predicted molar refractivity (Wildman–Crippen MR) is 111 cm³/mol. The number of primary amides is 1. The molecule has 1 amide bonds. The maximum atomic E-state index is 12.7. The van der Waals surface area contributed by atoms with Crippen LogP contribution >= 0.6 is 15.9 Å². The van der Waals surface area contributed by atoms with Crippen LogP contribution in [0.5, 0.6) is 0 Å². The molecule has 0 aliphatic carbocycles. The molecule has 8 heteroatoms. The monoisotopic (exact) mass is 441 g/mol. The minimum absolute atomic E-state index is 0.326. The van der Waals surface area contributed by atoms with Gasteiger partial charge in [0.2, 0.25) is 0 Å². The van der Waals surface area contributed by atoms with E-state index in [0.717, 1.165) is 39.2 Å².